The van der Waals surface area contributed by atoms with E-state index in [2.05, 4.69) is 0 Å². The van der Waals surface area contributed by atoms with Crippen LogP contribution in [0, 0.1) is 0 Å². The van der Waals surface area contributed by atoms with E-state index < -0.39 is 65.2 Å². The van der Waals surface area contributed by atoms with Gasteiger partial charge >= 0.3 is 17.9 Å². The minimum absolute atomic E-state index is 0.147. The number of carbonyl (C=O) groups excluding carboxylic acids is 5. The Morgan fingerprint density at radius 2 is 1.64 bits per heavy atom. The second kappa shape index (κ2) is 8.48. The highest BCUT2D eigenvalue weighted by Gasteiger charge is 2.65. The number of carbonyl (C=O) groups is 5. The highest BCUT2D eigenvalue weighted by molar-refractivity contribution is 6.31. The molecule has 0 saturated carbocycles. The first-order valence-corrected chi connectivity index (χ1v) is 10.9. The standard InChI is InChI=1S/C24H22N2O10/c1-8(27)34-22-17-15(21(33)23(35-9(2)28)24(22,4)36-10(3)29)14-16(18(17)26-25)20(32)13-11(19(14)31)6-5-7-12(13)30/h5-7,18,21-23,26,30,33H,1-4H3. The Morgan fingerprint density at radius 1 is 1.00 bits per heavy atom. The van der Waals surface area contributed by atoms with Crippen LogP contribution in [0.4, 0.5) is 0 Å². The van der Waals surface area contributed by atoms with Gasteiger partial charge in [-0.25, -0.2) is 0 Å². The lowest BCUT2D eigenvalue weighted by atomic mass is 9.73. The van der Waals surface area contributed by atoms with Crippen LogP contribution in [0.3, 0.4) is 0 Å². The molecule has 3 aliphatic rings. The number of hydrogen-bond acceptors (Lipinski definition) is 10. The van der Waals surface area contributed by atoms with Crippen molar-refractivity contribution in [2.75, 3.05) is 0 Å². The highest BCUT2D eigenvalue weighted by Crippen LogP contribution is 2.51. The van der Waals surface area contributed by atoms with Crippen molar-refractivity contribution in [2.24, 2.45) is 0 Å². The second-order valence-corrected chi connectivity index (χ2v) is 8.82. The van der Waals surface area contributed by atoms with Gasteiger partial charge in [0.2, 0.25) is 5.78 Å². The number of Topliss-reactive ketones (excluding diaryl/α,β-unsaturated/α-hetero) is 2. The Labute approximate surface area is 204 Å². The number of aliphatic hydroxyl groups is 1. The Kier molecular flexibility index (Phi) is 5.87. The number of fused-ring (bicyclic) bond motifs is 2. The van der Waals surface area contributed by atoms with Gasteiger partial charge in [0.05, 0.1) is 16.7 Å². The van der Waals surface area contributed by atoms with Gasteiger partial charge in [-0.2, -0.15) is 0 Å². The zero-order valence-electron chi connectivity index (χ0n) is 19.6. The number of aromatic hydroxyl groups is 1. The van der Waals surface area contributed by atoms with Gasteiger partial charge in [0.15, 0.2) is 29.6 Å². The van der Waals surface area contributed by atoms with E-state index in [1.54, 1.807) is 0 Å². The third-order valence-corrected chi connectivity index (χ3v) is 6.46. The predicted octanol–water partition coefficient (Wildman–Crippen LogP) is -0.591. The Hall–Kier alpha value is -4.19. The van der Waals surface area contributed by atoms with Crippen LogP contribution in [-0.4, -0.2) is 69.6 Å². The molecule has 5 atom stereocenters. The van der Waals surface area contributed by atoms with Crippen molar-refractivity contribution in [3.05, 3.63) is 57.1 Å². The van der Waals surface area contributed by atoms with Crippen molar-refractivity contribution in [2.45, 2.75) is 57.6 Å². The topological polar surface area (TPSA) is 190 Å². The van der Waals surface area contributed by atoms with Crippen molar-refractivity contribution in [1.82, 2.24) is 0 Å². The third kappa shape index (κ3) is 3.44. The van der Waals surface area contributed by atoms with E-state index in [4.69, 9.17) is 14.2 Å². The molecule has 5 unspecified atom stereocenters. The first kappa shape index (κ1) is 24.9. The Bertz CT molecular complexity index is 1330. The molecule has 188 valence electrons. The summed E-state index contributed by atoms with van der Waals surface area (Å²) in [5.41, 5.74) is 6.59. The second-order valence-electron chi connectivity index (χ2n) is 8.82. The fourth-order valence-corrected chi connectivity index (χ4v) is 5.27. The summed E-state index contributed by atoms with van der Waals surface area (Å²) < 4.78 is 16.2. The predicted molar refractivity (Wildman–Crippen MR) is 116 cm³/mol. The molecule has 1 aromatic rings. The zero-order chi connectivity index (χ0) is 26.7. The first-order chi connectivity index (χ1) is 16.8. The van der Waals surface area contributed by atoms with Gasteiger partial charge in [-0.3, -0.25) is 24.0 Å². The summed E-state index contributed by atoms with van der Waals surface area (Å²) in [6.07, 6.45) is -5.14. The summed E-state index contributed by atoms with van der Waals surface area (Å²) in [6, 6.07) is 2.37. The van der Waals surface area contributed by atoms with Gasteiger partial charge in [0.25, 0.3) is 0 Å². The van der Waals surface area contributed by atoms with E-state index in [0.717, 1.165) is 20.8 Å². The van der Waals surface area contributed by atoms with Gasteiger partial charge in [-0.1, -0.05) is 12.1 Å². The number of ether oxygens (including phenoxy) is 3. The van der Waals surface area contributed by atoms with Crippen LogP contribution in [0.5, 0.6) is 5.75 Å². The van der Waals surface area contributed by atoms with Crippen LogP contribution < -0.4 is 5.11 Å². The molecule has 0 heterocycles. The van der Waals surface area contributed by atoms with E-state index in [1.165, 1.54) is 25.1 Å². The molecule has 0 bridgehead atoms. The first-order valence-electron chi connectivity index (χ1n) is 10.9. The molecule has 1 aromatic carbocycles. The number of nitrogens with zero attached hydrogens (tertiary/aromatic N) is 1. The molecule has 0 spiro atoms. The fourth-order valence-electron chi connectivity index (χ4n) is 5.27. The Morgan fingerprint density at radius 3 is 2.19 bits per heavy atom. The average Bonchev–Trinajstić information content (AvgIpc) is 3.12. The molecule has 0 aliphatic heterocycles. The smallest absolute Gasteiger partial charge is 0.303 e. The molecule has 12 nitrogen and oxygen atoms in total. The third-order valence-electron chi connectivity index (χ3n) is 6.46. The Balaban J connectivity index is 2.04. The average molecular weight is 498 g/mol. The molecule has 12 heteroatoms. The minimum atomic E-state index is -2.04. The van der Waals surface area contributed by atoms with Gasteiger partial charge in [0.1, 0.15) is 11.9 Å². The summed E-state index contributed by atoms with van der Waals surface area (Å²) in [5, 5.41) is 23.6. The molecular weight excluding hydrogens is 476 g/mol. The summed E-state index contributed by atoms with van der Waals surface area (Å²) in [5.74, 6) is -4.70. The van der Waals surface area contributed by atoms with E-state index in [0.29, 0.717) is 0 Å². The molecule has 0 radical (unpaired) electrons. The van der Waals surface area contributed by atoms with Crippen LogP contribution in [0.25, 0.3) is 5.53 Å². The van der Waals surface area contributed by atoms with Crippen molar-refractivity contribution in [3.8, 4) is 5.75 Å². The molecule has 36 heavy (non-hydrogen) atoms. The SMILES string of the molecule is CC(=O)OC1C2=C(C3=C(C(=O)c4c(O)cccc4C3=O)C2[NH+]=[N-])C(O)C(OC(C)=O)C1(C)OC(C)=O. The molecule has 0 amide bonds. The normalized spacial score (nSPS) is 28.7. The zero-order valence-corrected chi connectivity index (χ0v) is 19.6. The van der Waals surface area contributed by atoms with Crippen molar-refractivity contribution in [3.63, 3.8) is 0 Å². The maximum Gasteiger partial charge on any atom is 0.303 e. The van der Waals surface area contributed by atoms with Gasteiger partial charge in [-0.05, 0) is 13.0 Å². The number of phenolic OH excluding ortho intramolecular Hbond substituents is 1. The lowest BCUT2D eigenvalue weighted by Gasteiger charge is -2.47. The lowest BCUT2D eigenvalue weighted by Crippen LogP contribution is -2.76. The number of esters is 3. The quantitative estimate of drug-likeness (QED) is 0.275. The molecular formula is C24H22N2O10. The van der Waals surface area contributed by atoms with Crippen molar-refractivity contribution in [1.29, 1.82) is 0 Å². The van der Waals surface area contributed by atoms with Gasteiger partial charge < -0.3 is 35.1 Å². The van der Waals surface area contributed by atoms with Crippen molar-refractivity contribution >= 4 is 29.5 Å². The van der Waals surface area contributed by atoms with E-state index in [-0.39, 0.29) is 33.4 Å². The number of phenols is 1. The summed E-state index contributed by atoms with van der Waals surface area (Å²) in [7, 11) is 0. The number of ketones is 2. The lowest BCUT2D eigenvalue weighted by molar-refractivity contribution is -0.504. The maximum absolute atomic E-state index is 13.6. The van der Waals surface area contributed by atoms with Crippen LogP contribution in [-0.2, 0) is 28.6 Å². The molecule has 3 aliphatic carbocycles. The van der Waals surface area contributed by atoms with Gasteiger partial charge in [0, 0.05) is 37.5 Å². The molecule has 0 fully saturated rings. The van der Waals surface area contributed by atoms with Crippen molar-refractivity contribution < 1.29 is 53.5 Å². The molecule has 4 rings (SSSR count). The number of benzene rings is 1. The monoisotopic (exact) mass is 498 g/mol. The van der Waals surface area contributed by atoms with Crippen LogP contribution in [0.1, 0.15) is 48.4 Å². The van der Waals surface area contributed by atoms with Crippen LogP contribution in [0.15, 0.2) is 40.5 Å². The van der Waals surface area contributed by atoms with E-state index in [9.17, 15) is 39.7 Å². The number of hydrogen-bond donors (Lipinski definition) is 3. The summed E-state index contributed by atoms with van der Waals surface area (Å²) >= 11 is 0. The molecule has 0 aromatic heterocycles. The fraction of sp³-hybridized carbons (Fsp3) is 0.375. The molecule has 3 N–H and O–H groups in total. The maximum atomic E-state index is 13.6. The summed E-state index contributed by atoms with van der Waals surface area (Å²) in [6.45, 7) is 4.38. The molecule has 0 saturated heterocycles. The minimum Gasteiger partial charge on any atom is -0.508 e. The number of rotatable bonds is 4. The number of nitrogens with one attached hydrogen (secondary N) is 1. The largest absolute Gasteiger partial charge is 0.508 e. The number of aliphatic hydroxyl groups excluding tert-OH is 1. The van der Waals surface area contributed by atoms with Crippen LogP contribution >= 0.6 is 0 Å². The van der Waals surface area contributed by atoms with Crippen LogP contribution in [0.2, 0.25) is 0 Å². The van der Waals surface area contributed by atoms with E-state index in [1.807, 2.05) is 5.11 Å². The highest BCUT2D eigenvalue weighted by atomic mass is 16.6. The summed E-state index contributed by atoms with van der Waals surface area (Å²) in [4.78, 5) is 63.2. The van der Waals surface area contributed by atoms with E-state index >= 15 is 0 Å². The van der Waals surface area contributed by atoms with Gasteiger partial charge in [-0.15, -0.1) is 0 Å².